The van der Waals surface area contributed by atoms with E-state index in [9.17, 15) is 4.39 Å². The van der Waals surface area contributed by atoms with Gasteiger partial charge in [-0.15, -0.1) is 0 Å². The van der Waals surface area contributed by atoms with Crippen LogP contribution in [-0.2, 0) is 0 Å². The van der Waals surface area contributed by atoms with E-state index in [0.717, 1.165) is 33.7 Å². The first-order valence-corrected chi connectivity index (χ1v) is 6.50. The minimum absolute atomic E-state index is 0.270. The normalized spacial score (nSPS) is 10.6. The maximum atomic E-state index is 13.0. The van der Waals surface area contributed by atoms with E-state index < -0.39 is 0 Å². The van der Waals surface area contributed by atoms with Gasteiger partial charge >= 0.3 is 0 Å². The third-order valence-electron chi connectivity index (χ3n) is 3.34. The van der Waals surface area contributed by atoms with Crippen molar-refractivity contribution in [3.05, 3.63) is 54.3 Å². The van der Waals surface area contributed by atoms with Gasteiger partial charge in [0.2, 0.25) is 0 Å². The number of ether oxygens (including phenoxy) is 2. The Hall–Kier alpha value is -2.62. The Morgan fingerprint density at radius 1 is 0.905 bits per heavy atom. The topological polar surface area (TPSA) is 31.4 Å². The molecular formula is C17H14FNO2. The Balaban J connectivity index is 2.21. The van der Waals surface area contributed by atoms with Gasteiger partial charge < -0.3 is 9.47 Å². The molecule has 0 fully saturated rings. The quantitative estimate of drug-likeness (QED) is 0.726. The van der Waals surface area contributed by atoms with E-state index in [0.29, 0.717) is 0 Å². The lowest BCUT2D eigenvalue weighted by molar-refractivity contribution is 0.414. The van der Waals surface area contributed by atoms with E-state index >= 15 is 0 Å². The summed E-state index contributed by atoms with van der Waals surface area (Å²) < 4.78 is 23.7. The Bertz CT molecular complexity index is 785. The van der Waals surface area contributed by atoms with Crippen LogP contribution in [0.1, 0.15) is 0 Å². The molecule has 0 amide bonds. The molecule has 0 spiro atoms. The van der Waals surface area contributed by atoms with Crippen molar-refractivity contribution in [1.82, 2.24) is 4.98 Å². The van der Waals surface area contributed by atoms with Gasteiger partial charge in [0.05, 0.1) is 25.4 Å². The van der Waals surface area contributed by atoms with E-state index in [1.54, 1.807) is 26.4 Å². The predicted octanol–water partition coefficient (Wildman–Crippen LogP) is 4.06. The highest BCUT2D eigenvalue weighted by atomic mass is 19.1. The molecule has 3 nitrogen and oxygen atoms in total. The highest BCUT2D eigenvalue weighted by molar-refractivity contribution is 5.88. The summed E-state index contributed by atoms with van der Waals surface area (Å²) in [4.78, 5) is 4.61. The van der Waals surface area contributed by atoms with E-state index in [2.05, 4.69) is 4.98 Å². The van der Waals surface area contributed by atoms with Crippen LogP contribution in [0.25, 0.3) is 22.2 Å². The summed E-state index contributed by atoms with van der Waals surface area (Å²) >= 11 is 0. The monoisotopic (exact) mass is 283 g/mol. The fourth-order valence-corrected chi connectivity index (χ4v) is 2.24. The molecule has 0 unspecified atom stereocenters. The zero-order valence-corrected chi connectivity index (χ0v) is 11.8. The second kappa shape index (κ2) is 5.40. The van der Waals surface area contributed by atoms with Crippen LogP contribution in [0.4, 0.5) is 4.39 Å². The number of hydrogen-bond donors (Lipinski definition) is 0. The van der Waals surface area contributed by atoms with Crippen LogP contribution in [0, 0.1) is 5.82 Å². The van der Waals surface area contributed by atoms with Crippen molar-refractivity contribution < 1.29 is 13.9 Å². The van der Waals surface area contributed by atoms with Gasteiger partial charge in [0.25, 0.3) is 0 Å². The number of fused-ring (bicyclic) bond motifs is 1. The van der Waals surface area contributed by atoms with Crippen LogP contribution in [0.2, 0.25) is 0 Å². The summed E-state index contributed by atoms with van der Waals surface area (Å²) in [7, 11) is 3.23. The lowest BCUT2D eigenvalue weighted by atomic mass is 10.1. The molecule has 2 aromatic carbocycles. The van der Waals surface area contributed by atoms with Crippen molar-refractivity contribution in [2.75, 3.05) is 14.2 Å². The highest BCUT2D eigenvalue weighted by Crippen LogP contribution is 2.31. The molecule has 21 heavy (non-hydrogen) atoms. The number of nitrogens with zero attached hydrogens (tertiary/aromatic N) is 1. The molecule has 3 rings (SSSR count). The molecule has 106 valence electrons. The highest BCUT2D eigenvalue weighted by Gasteiger charge is 2.09. The van der Waals surface area contributed by atoms with Crippen molar-refractivity contribution in [2.24, 2.45) is 0 Å². The number of methoxy groups -OCH3 is 2. The molecule has 3 aromatic rings. The molecule has 0 aliphatic carbocycles. The molecule has 0 saturated heterocycles. The first kappa shape index (κ1) is 13.4. The van der Waals surface area contributed by atoms with E-state index in [-0.39, 0.29) is 5.82 Å². The van der Waals surface area contributed by atoms with Gasteiger partial charge in [0.15, 0.2) is 0 Å². The van der Waals surface area contributed by atoms with Gasteiger partial charge in [-0.2, -0.15) is 0 Å². The molecule has 1 aromatic heterocycles. The minimum atomic E-state index is -0.270. The first-order valence-electron chi connectivity index (χ1n) is 6.50. The lowest BCUT2D eigenvalue weighted by Gasteiger charge is -2.10. The van der Waals surface area contributed by atoms with Crippen molar-refractivity contribution in [1.29, 1.82) is 0 Å². The summed E-state index contributed by atoms with van der Waals surface area (Å²) in [5.41, 5.74) is 2.33. The Morgan fingerprint density at radius 3 is 2.33 bits per heavy atom. The molecule has 0 atom stereocenters. The predicted molar refractivity (Wildman–Crippen MR) is 80.2 cm³/mol. The molecule has 0 aliphatic rings. The van der Waals surface area contributed by atoms with Crippen molar-refractivity contribution in [3.8, 4) is 22.8 Å². The fraction of sp³-hybridized carbons (Fsp3) is 0.118. The molecular weight excluding hydrogens is 269 g/mol. The largest absolute Gasteiger partial charge is 0.497 e. The van der Waals surface area contributed by atoms with Gasteiger partial charge in [0.1, 0.15) is 17.3 Å². The molecule has 0 radical (unpaired) electrons. The van der Waals surface area contributed by atoms with Crippen LogP contribution in [0.15, 0.2) is 48.5 Å². The standard InChI is InChI=1S/C17H14FNO2/c1-20-13-7-8-14-16(9-13)19-15(10-17(14)21-2)11-3-5-12(18)6-4-11/h3-10H,1-2H3. The zero-order chi connectivity index (χ0) is 14.8. The second-order valence-electron chi connectivity index (χ2n) is 4.60. The number of halogens is 1. The molecule has 4 heteroatoms. The second-order valence-corrected chi connectivity index (χ2v) is 4.60. The van der Waals surface area contributed by atoms with Crippen molar-refractivity contribution >= 4 is 10.9 Å². The summed E-state index contributed by atoms with van der Waals surface area (Å²) in [5.74, 6) is 1.18. The van der Waals surface area contributed by atoms with Gasteiger partial charge in [0, 0.05) is 23.1 Å². The summed E-state index contributed by atoms with van der Waals surface area (Å²) in [6.45, 7) is 0. The Labute approximate surface area is 122 Å². The van der Waals surface area contributed by atoms with Gasteiger partial charge in [-0.05, 0) is 36.4 Å². The average molecular weight is 283 g/mol. The van der Waals surface area contributed by atoms with E-state index in [1.165, 1.54) is 12.1 Å². The molecule has 1 heterocycles. The van der Waals surface area contributed by atoms with E-state index in [4.69, 9.17) is 9.47 Å². The van der Waals surface area contributed by atoms with Gasteiger partial charge in [-0.25, -0.2) is 9.37 Å². The van der Waals surface area contributed by atoms with Crippen molar-refractivity contribution in [3.63, 3.8) is 0 Å². The zero-order valence-electron chi connectivity index (χ0n) is 11.8. The lowest BCUT2D eigenvalue weighted by Crippen LogP contribution is -1.92. The van der Waals surface area contributed by atoms with Crippen LogP contribution in [0.3, 0.4) is 0 Å². The molecule has 0 bridgehead atoms. The Kier molecular flexibility index (Phi) is 3.44. The number of rotatable bonds is 3. The smallest absolute Gasteiger partial charge is 0.130 e. The molecule has 0 N–H and O–H groups in total. The third kappa shape index (κ3) is 2.52. The van der Waals surface area contributed by atoms with Gasteiger partial charge in [-0.1, -0.05) is 0 Å². The van der Waals surface area contributed by atoms with Crippen LogP contribution in [-0.4, -0.2) is 19.2 Å². The maximum Gasteiger partial charge on any atom is 0.130 e. The number of hydrogen-bond acceptors (Lipinski definition) is 3. The Morgan fingerprint density at radius 2 is 1.67 bits per heavy atom. The first-order chi connectivity index (χ1) is 10.2. The third-order valence-corrected chi connectivity index (χ3v) is 3.34. The average Bonchev–Trinajstić information content (AvgIpc) is 2.53. The summed E-state index contributed by atoms with van der Waals surface area (Å²) in [6.07, 6.45) is 0. The van der Waals surface area contributed by atoms with E-state index in [1.807, 2.05) is 24.3 Å². The number of pyridine rings is 1. The SMILES string of the molecule is COc1ccc2c(OC)cc(-c3ccc(F)cc3)nc2c1. The molecule has 0 aliphatic heterocycles. The summed E-state index contributed by atoms with van der Waals surface area (Å²) in [6, 6.07) is 13.7. The fourth-order valence-electron chi connectivity index (χ4n) is 2.24. The molecule has 0 saturated carbocycles. The number of aromatic nitrogens is 1. The minimum Gasteiger partial charge on any atom is -0.497 e. The summed E-state index contributed by atoms with van der Waals surface area (Å²) in [5, 5.41) is 0.907. The van der Waals surface area contributed by atoms with Crippen LogP contribution in [0.5, 0.6) is 11.5 Å². The number of benzene rings is 2. The maximum absolute atomic E-state index is 13.0. The van der Waals surface area contributed by atoms with Crippen molar-refractivity contribution in [2.45, 2.75) is 0 Å². The van der Waals surface area contributed by atoms with Crippen LogP contribution >= 0.6 is 0 Å². The van der Waals surface area contributed by atoms with Crippen LogP contribution < -0.4 is 9.47 Å². The van der Waals surface area contributed by atoms with Gasteiger partial charge in [-0.3, -0.25) is 0 Å².